The van der Waals surface area contributed by atoms with E-state index in [1.165, 1.54) is 0 Å². The maximum atomic E-state index is 5.36. The Balaban J connectivity index is 0. The van der Waals surface area contributed by atoms with Crippen LogP contribution in [0.15, 0.2) is 12.2 Å². The second-order valence-corrected chi connectivity index (χ2v) is 41.0. The van der Waals surface area contributed by atoms with E-state index in [2.05, 4.69) is 108 Å². The second kappa shape index (κ2) is 18.3. The molecular weight excluding hydrogens is 1080 g/mol. The summed E-state index contributed by atoms with van der Waals surface area (Å²) in [5.74, 6) is 0. The van der Waals surface area contributed by atoms with Gasteiger partial charge in [-0.3, -0.25) is 12.8 Å². The van der Waals surface area contributed by atoms with Crippen LogP contribution in [-0.4, -0.2) is 43.0 Å². The average molecular weight is 1100 g/mol. The first kappa shape index (κ1) is 29.5. The summed E-state index contributed by atoms with van der Waals surface area (Å²) >= 11 is 10.9. The van der Waals surface area contributed by atoms with Gasteiger partial charge in [0, 0.05) is 42.1 Å². The fourth-order valence-electron chi connectivity index (χ4n) is 2.05. The van der Waals surface area contributed by atoms with Crippen LogP contribution in [0.2, 0.25) is 0 Å². The smallest absolute Gasteiger partial charge is 0 e. The van der Waals surface area contributed by atoms with E-state index < -0.39 is 0 Å². The zero-order valence-electron chi connectivity index (χ0n) is 12.4. The van der Waals surface area contributed by atoms with Gasteiger partial charge in [-0.1, -0.05) is 41.6 Å². The van der Waals surface area contributed by atoms with E-state index in [0.717, 1.165) is 26.2 Å². The number of alkyl halides is 1. The molecule has 2 saturated heterocycles. The van der Waals surface area contributed by atoms with Crippen LogP contribution in [0.4, 0.5) is 0 Å². The predicted octanol–water partition coefficient (Wildman–Crippen LogP) is 4.96. The van der Waals surface area contributed by atoms with Crippen molar-refractivity contribution >= 4 is 75.9 Å². The van der Waals surface area contributed by atoms with E-state index in [-0.39, 0.29) is 59.3 Å². The normalized spacial score (nSPS) is 30.3. The molecule has 23 heavy (non-hydrogen) atoms. The van der Waals surface area contributed by atoms with E-state index in [1.807, 2.05) is 0 Å². The van der Waals surface area contributed by atoms with Crippen molar-refractivity contribution in [3.8, 4) is 0 Å². The SMILES string of the molecule is Br[C@H]1CO[C@@H]2[CH-]CO[C@H]12.CC[CH-][C@@H]1C=CCO1.[I][V]([I])[I].[W].[W]. The molecule has 0 N–H and O–H groups in total. The third-order valence-corrected chi connectivity index (χ3v) is 3.71. The zero-order chi connectivity index (χ0) is 15.7. The van der Waals surface area contributed by atoms with Gasteiger partial charge in [0.05, 0.1) is 24.1 Å². The molecule has 4 atom stereocenters. The Kier molecular flexibility index (Phi) is 23.4. The molecule has 3 heterocycles. The Morgan fingerprint density at radius 2 is 1.91 bits per heavy atom. The summed E-state index contributed by atoms with van der Waals surface area (Å²) in [6, 6.07) is 0. The molecule has 0 aliphatic carbocycles. The van der Waals surface area contributed by atoms with Gasteiger partial charge in [-0.15, -0.1) is 0 Å². The molecule has 0 radical (unpaired) electrons. The molecule has 136 valence electrons. The van der Waals surface area contributed by atoms with Crippen molar-refractivity contribution in [3.05, 3.63) is 25.0 Å². The number of hydrogen-bond acceptors (Lipinski definition) is 3. The fraction of sp³-hybridized carbons (Fsp3) is 0.692. The first-order chi connectivity index (χ1) is 10.0. The van der Waals surface area contributed by atoms with Crippen LogP contribution in [0.3, 0.4) is 0 Å². The monoisotopic (exact) mass is 1100 g/mol. The van der Waals surface area contributed by atoms with Crippen molar-refractivity contribution in [2.75, 3.05) is 19.8 Å². The second-order valence-electron chi connectivity index (χ2n) is 4.41. The van der Waals surface area contributed by atoms with Gasteiger partial charge in [0.2, 0.25) is 0 Å². The third-order valence-electron chi connectivity index (χ3n) is 2.92. The largest absolute Gasteiger partial charge is 0 e. The molecule has 0 spiro atoms. The first-order valence-electron chi connectivity index (χ1n) is 6.64. The quantitative estimate of drug-likeness (QED) is 0.170. The number of hydrogen-bond donors (Lipinski definition) is 0. The summed E-state index contributed by atoms with van der Waals surface area (Å²) < 4.78 is 16.0. The Bertz CT molecular complexity index is 317. The molecule has 0 aromatic carbocycles. The van der Waals surface area contributed by atoms with Crippen LogP contribution in [0.25, 0.3) is 0 Å². The number of ether oxygens (including phenoxy) is 3. The van der Waals surface area contributed by atoms with Crippen molar-refractivity contribution < 1.29 is 61.3 Å². The molecule has 0 amide bonds. The molecule has 3 aliphatic rings. The fourth-order valence-corrected chi connectivity index (χ4v) is 2.66. The summed E-state index contributed by atoms with van der Waals surface area (Å²) in [5, 5.41) is 0. The molecule has 0 bridgehead atoms. The van der Waals surface area contributed by atoms with E-state index in [4.69, 9.17) is 14.2 Å². The molecule has 3 rings (SSSR count). The summed E-state index contributed by atoms with van der Waals surface area (Å²) in [6.07, 6.45) is 10.3. The van der Waals surface area contributed by atoms with Gasteiger partial charge in [0.15, 0.2) is 0 Å². The van der Waals surface area contributed by atoms with Crippen LogP contribution in [0.1, 0.15) is 13.3 Å². The summed E-state index contributed by atoms with van der Waals surface area (Å²) in [5.41, 5.74) is 0. The van der Waals surface area contributed by atoms with Crippen LogP contribution in [0, 0.1) is 12.8 Å². The summed E-state index contributed by atoms with van der Waals surface area (Å²) in [7, 11) is 0. The topological polar surface area (TPSA) is 27.7 Å². The maximum Gasteiger partial charge on any atom is 0 e. The van der Waals surface area contributed by atoms with Crippen molar-refractivity contribution in [2.45, 2.75) is 36.5 Å². The molecule has 0 aromatic heterocycles. The van der Waals surface area contributed by atoms with Gasteiger partial charge < -0.3 is 14.2 Å². The Hall–Kier alpha value is 4.25. The Labute approximate surface area is 214 Å². The van der Waals surface area contributed by atoms with Crippen molar-refractivity contribution in [1.82, 2.24) is 0 Å². The molecule has 0 aromatic rings. The number of halogens is 4. The minimum absolute atomic E-state index is 0. The molecule has 0 saturated carbocycles. The van der Waals surface area contributed by atoms with E-state index in [1.54, 1.807) is 0 Å². The summed E-state index contributed by atoms with van der Waals surface area (Å²) in [6.45, 7) is 4.44. The van der Waals surface area contributed by atoms with E-state index >= 15 is 0 Å². The summed E-state index contributed by atoms with van der Waals surface area (Å²) in [4.78, 5) is 0.126. The maximum absolute atomic E-state index is 5.36. The molecule has 10 heteroatoms. The van der Waals surface area contributed by atoms with Crippen LogP contribution in [-0.2, 0) is 61.3 Å². The Morgan fingerprint density at radius 3 is 2.39 bits per heavy atom. The molecule has 3 aliphatic heterocycles. The van der Waals surface area contributed by atoms with E-state index in [0.29, 0.717) is 10.9 Å². The number of fused-ring (bicyclic) bond motifs is 1. The molecule has 0 unspecified atom stereocenters. The minimum Gasteiger partial charge on any atom is 0 e. The van der Waals surface area contributed by atoms with Gasteiger partial charge in [-0.25, -0.2) is 0 Å². The molecule has 2 fully saturated rings. The minimum atomic E-state index is -0.278. The molecule has 3 nitrogen and oxygen atoms in total. The van der Waals surface area contributed by atoms with E-state index in [9.17, 15) is 0 Å². The van der Waals surface area contributed by atoms with Crippen LogP contribution >= 0.6 is 75.9 Å². The van der Waals surface area contributed by atoms with Gasteiger partial charge in [0.25, 0.3) is 0 Å². The van der Waals surface area contributed by atoms with Crippen molar-refractivity contribution in [2.24, 2.45) is 0 Å². The van der Waals surface area contributed by atoms with Gasteiger partial charge in [0.1, 0.15) is 0 Å². The van der Waals surface area contributed by atoms with Crippen molar-refractivity contribution in [3.63, 3.8) is 0 Å². The van der Waals surface area contributed by atoms with Gasteiger partial charge >= 0.3 is 64.9 Å². The molecular formula is C13H19BrI3O3VW2-2. The first-order valence-corrected chi connectivity index (χ1v) is 21.1. The van der Waals surface area contributed by atoms with Crippen LogP contribution in [0.5, 0.6) is 0 Å². The van der Waals surface area contributed by atoms with Gasteiger partial charge in [-0.2, -0.15) is 6.42 Å². The predicted molar refractivity (Wildman–Crippen MR) is 112 cm³/mol. The average Bonchev–Trinajstić information content (AvgIpc) is 3.11. The Morgan fingerprint density at radius 1 is 1.26 bits per heavy atom. The van der Waals surface area contributed by atoms with Crippen LogP contribution < -0.4 is 0 Å². The number of rotatable bonds is 2. The third kappa shape index (κ3) is 14.0. The standard InChI is InChI=1S/C7H11O.C6H8BrO2.3HI.V.2W/c1-2-4-7-5-3-6-8-7;7-4-3-9-5-1-2-8-6(4)5;;;;;;/h3-5,7H,2,6H2,1H3;1,4-6H,2-3H2;3*1H;;;/q2*-1;;;;+3;;/p-3/t7-;4-,5+,6+;;;;;;/m10....../s1. The van der Waals surface area contributed by atoms with Gasteiger partial charge in [-0.05, 0) is 12.2 Å². The van der Waals surface area contributed by atoms with Crippen molar-refractivity contribution in [1.29, 1.82) is 0 Å². The zero-order valence-corrected chi connectivity index (χ0v) is 27.8.